The number of hydrogen-bond acceptors (Lipinski definition) is 2. The molecule has 1 atom stereocenters. The molecule has 5 nitrogen and oxygen atoms in total. The van der Waals surface area contributed by atoms with Crippen LogP contribution < -0.4 is 16.0 Å². The standard InChI is InChI=1S/C18H19Cl2N3O2/c1-12(14-7-8-15(19)16(20)9-14)23-17(24)11-22-18(25)21-10-13-5-3-2-4-6-13/h2-9,12H,10-11H2,1H3,(H,23,24)(H2,21,22,25)/t12-/m0/s1. The number of nitrogens with one attached hydrogen (secondary N) is 3. The average molecular weight is 380 g/mol. The molecule has 0 aromatic heterocycles. The Morgan fingerprint density at radius 3 is 2.40 bits per heavy atom. The number of amides is 3. The molecule has 0 aliphatic carbocycles. The van der Waals surface area contributed by atoms with Crippen molar-refractivity contribution in [1.82, 2.24) is 16.0 Å². The number of benzene rings is 2. The van der Waals surface area contributed by atoms with Gasteiger partial charge in [-0.05, 0) is 30.2 Å². The highest BCUT2D eigenvalue weighted by Crippen LogP contribution is 2.25. The van der Waals surface area contributed by atoms with E-state index in [9.17, 15) is 9.59 Å². The maximum atomic E-state index is 11.9. The van der Waals surface area contributed by atoms with E-state index in [1.807, 2.05) is 37.3 Å². The second kappa shape index (κ2) is 9.30. The Morgan fingerprint density at radius 1 is 1.00 bits per heavy atom. The first-order valence-corrected chi connectivity index (χ1v) is 8.51. The molecule has 2 aromatic rings. The van der Waals surface area contributed by atoms with E-state index in [1.165, 1.54) is 0 Å². The Morgan fingerprint density at radius 2 is 1.72 bits per heavy atom. The SMILES string of the molecule is C[C@H](NC(=O)CNC(=O)NCc1ccccc1)c1ccc(Cl)c(Cl)c1. The zero-order valence-electron chi connectivity index (χ0n) is 13.7. The van der Waals surface area contributed by atoms with Crippen LogP contribution in [-0.4, -0.2) is 18.5 Å². The molecule has 3 amide bonds. The number of rotatable bonds is 6. The molecular formula is C18H19Cl2N3O2. The molecular weight excluding hydrogens is 361 g/mol. The van der Waals surface area contributed by atoms with Gasteiger partial charge >= 0.3 is 6.03 Å². The molecule has 0 spiro atoms. The number of hydrogen-bond donors (Lipinski definition) is 3. The van der Waals surface area contributed by atoms with Crippen LogP contribution in [0.2, 0.25) is 10.0 Å². The van der Waals surface area contributed by atoms with Crippen LogP contribution in [0.4, 0.5) is 4.79 Å². The Bertz CT molecular complexity index is 738. The molecule has 0 heterocycles. The molecule has 0 fully saturated rings. The normalized spacial score (nSPS) is 11.5. The minimum absolute atomic E-state index is 0.119. The van der Waals surface area contributed by atoms with Crippen molar-refractivity contribution in [1.29, 1.82) is 0 Å². The Hall–Kier alpha value is -2.24. The van der Waals surface area contributed by atoms with Gasteiger partial charge < -0.3 is 16.0 Å². The summed E-state index contributed by atoms with van der Waals surface area (Å²) in [7, 11) is 0. The molecule has 0 saturated carbocycles. The van der Waals surface area contributed by atoms with E-state index in [2.05, 4.69) is 16.0 Å². The van der Waals surface area contributed by atoms with E-state index in [4.69, 9.17) is 23.2 Å². The summed E-state index contributed by atoms with van der Waals surface area (Å²) in [6, 6.07) is 14.0. The fourth-order valence-electron chi connectivity index (χ4n) is 2.16. The van der Waals surface area contributed by atoms with Crippen molar-refractivity contribution in [3.8, 4) is 0 Å². The number of halogens is 2. The van der Waals surface area contributed by atoms with Crippen LogP contribution in [-0.2, 0) is 11.3 Å². The lowest BCUT2D eigenvalue weighted by atomic mass is 10.1. The van der Waals surface area contributed by atoms with Crippen LogP contribution in [0.1, 0.15) is 24.1 Å². The molecule has 2 rings (SSSR count). The summed E-state index contributed by atoms with van der Waals surface area (Å²) in [5.41, 5.74) is 1.81. The third-order valence-corrected chi connectivity index (χ3v) is 4.27. The quantitative estimate of drug-likeness (QED) is 0.716. The van der Waals surface area contributed by atoms with E-state index in [0.29, 0.717) is 16.6 Å². The molecule has 0 aliphatic rings. The summed E-state index contributed by atoms with van der Waals surface area (Å²) >= 11 is 11.8. The number of carbonyl (C=O) groups excluding carboxylic acids is 2. The van der Waals surface area contributed by atoms with Gasteiger partial charge in [0.2, 0.25) is 5.91 Å². The third-order valence-electron chi connectivity index (χ3n) is 3.53. The summed E-state index contributed by atoms with van der Waals surface area (Å²) in [4.78, 5) is 23.7. The molecule has 3 N–H and O–H groups in total. The van der Waals surface area contributed by atoms with Gasteiger partial charge in [-0.15, -0.1) is 0 Å². The maximum absolute atomic E-state index is 11.9. The summed E-state index contributed by atoms with van der Waals surface area (Å²) in [6.07, 6.45) is 0. The van der Waals surface area contributed by atoms with Crippen LogP contribution in [0.5, 0.6) is 0 Å². The topological polar surface area (TPSA) is 70.2 Å². The lowest BCUT2D eigenvalue weighted by Gasteiger charge is -2.15. The van der Waals surface area contributed by atoms with Gasteiger partial charge in [-0.2, -0.15) is 0 Å². The van der Waals surface area contributed by atoms with Crippen LogP contribution in [0.25, 0.3) is 0 Å². The minimum Gasteiger partial charge on any atom is -0.348 e. The van der Waals surface area contributed by atoms with Crippen molar-refractivity contribution in [2.24, 2.45) is 0 Å². The first-order chi connectivity index (χ1) is 12.0. The Balaban J connectivity index is 1.74. The van der Waals surface area contributed by atoms with E-state index in [0.717, 1.165) is 11.1 Å². The highest BCUT2D eigenvalue weighted by Gasteiger charge is 2.12. The predicted octanol–water partition coefficient (Wildman–Crippen LogP) is 3.67. The second-order valence-corrected chi connectivity index (χ2v) is 6.30. The highest BCUT2D eigenvalue weighted by molar-refractivity contribution is 6.42. The Kier molecular flexibility index (Phi) is 7.10. The fourth-order valence-corrected chi connectivity index (χ4v) is 2.47. The zero-order valence-corrected chi connectivity index (χ0v) is 15.2. The summed E-state index contributed by atoms with van der Waals surface area (Å²) < 4.78 is 0. The lowest BCUT2D eigenvalue weighted by Crippen LogP contribution is -2.42. The van der Waals surface area contributed by atoms with Gasteiger partial charge in [-0.3, -0.25) is 4.79 Å². The molecule has 0 radical (unpaired) electrons. The smallest absolute Gasteiger partial charge is 0.315 e. The Labute approximate surface area is 156 Å². The molecule has 25 heavy (non-hydrogen) atoms. The van der Waals surface area contributed by atoms with Crippen molar-refractivity contribution in [2.75, 3.05) is 6.54 Å². The van der Waals surface area contributed by atoms with Crippen molar-refractivity contribution in [2.45, 2.75) is 19.5 Å². The molecule has 132 valence electrons. The average Bonchev–Trinajstić information content (AvgIpc) is 2.61. The van der Waals surface area contributed by atoms with E-state index < -0.39 is 6.03 Å². The van der Waals surface area contributed by atoms with Crippen molar-refractivity contribution in [3.05, 3.63) is 69.7 Å². The van der Waals surface area contributed by atoms with Crippen LogP contribution in [0.15, 0.2) is 48.5 Å². The first-order valence-electron chi connectivity index (χ1n) is 7.75. The van der Waals surface area contributed by atoms with Crippen molar-refractivity contribution >= 4 is 35.1 Å². The van der Waals surface area contributed by atoms with Gasteiger partial charge in [0.25, 0.3) is 0 Å². The van der Waals surface area contributed by atoms with Gasteiger partial charge in [0, 0.05) is 6.54 Å². The number of urea groups is 1. The van der Waals surface area contributed by atoms with Gasteiger partial charge in [0.1, 0.15) is 0 Å². The van der Waals surface area contributed by atoms with Gasteiger partial charge in [0.05, 0.1) is 22.6 Å². The first kappa shape index (κ1) is 19.1. The highest BCUT2D eigenvalue weighted by atomic mass is 35.5. The van der Waals surface area contributed by atoms with Crippen molar-refractivity contribution in [3.63, 3.8) is 0 Å². The molecule has 7 heteroatoms. The summed E-state index contributed by atoms with van der Waals surface area (Å²) in [5.74, 6) is -0.298. The predicted molar refractivity (Wildman–Crippen MR) is 99.7 cm³/mol. The third kappa shape index (κ3) is 6.29. The van der Waals surface area contributed by atoms with E-state index in [1.54, 1.807) is 18.2 Å². The van der Waals surface area contributed by atoms with Gasteiger partial charge in [0.15, 0.2) is 0 Å². The van der Waals surface area contributed by atoms with Crippen LogP contribution >= 0.6 is 23.2 Å². The van der Waals surface area contributed by atoms with Gasteiger partial charge in [-0.1, -0.05) is 59.6 Å². The molecule has 0 unspecified atom stereocenters. The second-order valence-electron chi connectivity index (χ2n) is 5.48. The molecule has 0 bridgehead atoms. The zero-order chi connectivity index (χ0) is 18.2. The van der Waals surface area contributed by atoms with Crippen molar-refractivity contribution < 1.29 is 9.59 Å². The van der Waals surface area contributed by atoms with Gasteiger partial charge in [-0.25, -0.2) is 4.79 Å². The van der Waals surface area contributed by atoms with E-state index in [-0.39, 0.29) is 18.5 Å². The van der Waals surface area contributed by atoms with Crippen LogP contribution in [0, 0.1) is 0 Å². The number of carbonyl (C=O) groups is 2. The molecule has 0 aliphatic heterocycles. The van der Waals surface area contributed by atoms with E-state index >= 15 is 0 Å². The summed E-state index contributed by atoms with van der Waals surface area (Å²) in [5, 5.41) is 8.89. The van der Waals surface area contributed by atoms with Crippen LogP contribution in [0.3, 0.4) is 0 Å². The maximum Gasteiger partial charge on any atom is 0.315 e. The summed E-state index contributed by atoms with van der Waals surface area (Å²) in [6.45, 7) is 2.10. The minimum atomic E-state index is -0.402. The molecule has 2 aromatic carbocycles. The largest absolute Gasteiger partial charge is 0.348 e. The lowest BCUT2D eigenvalue weighted by molar-refractivity contribution is -0.120. The monoisotopic (exact) mass is 379 g/mol. The fraction of sp³-hybridized carbons (Fsp3) is 0.222. The molecule has 0 saturated heterocycles.